The number of nitrogens with zero attached hydrogens (tertiary/aromatic N) is 1. The van der Waals surface area contributed by atoms with Crippen LogP contribution in [0.25, 0.3) is 0 Å². The van der Waals surface area contributed by atoms with Crippen molar-refractivity contribution >= 4 is 16.2 Å². The summed E-state index contributed by atoms with van der Waals surface area (Å²) in [5.74, 6) is 0. The molecule has 128 valence electrons. The highest BCUT2D eigenvalue weighted by molar-refractivity contribution is 7.86. The zero-order valence-corrected chi connectivity index (χ0v) is 14.6. The molecule has 1 fully saturated rings. The number of carbonyl (C=O) groups is 1. The van der Waals surface area contributed by atoms with E-state index in [0.717, 1.165) is 5.56 Å². The summed E-state index contributed by atoms with van der Waals surface area (Å²) in [6.45, 7) is 7.79. The van der Waals surface area contributed by atoms with Gasteiger partial charge in [-0.25, -0.2) is 4.79 Å². The van der Waals surface area contributed by atoms with Gasteiger partial charge in [0.15, 0.2) is 0 Å². The Hall–Kier alpha value is -1.60. The maximum absolute atomic E-state index is 12.5. The molecule has 1 unspecified atom stereocenters. The van der Waals surface area contributed by atoms with Gasteiger partial charge in [0.25, 0.3) is 10.1 Å². The molecule has 0 aliphatic carbocycles. The summed E-state index contributed by atoms with van der Waals surface area (Å²) in [5.41, 5.74) is 0.525. The minimum absolute atomic E-state index is 0.0875. The SMILES string of the molecule is Cc1ccc(S(=O)(=O)O[C@@H]2CCN(C(=O)O)C2C(C)(C)C)cc1. The number of amides is 1. The van der Waals surface area contributed by atoms with Crippen LogP contribution < -0.4 is 0 Å². The van der Waals surface area contributed by atoms with Crippen LogP contribution in [0.4, 0.5) is 4.79 Å². The van der Waals surface area contributed by atoms with E-state index in [0.29, 0.717) is 6.42 Å². The molecule has 23 heavy (non-hydrogen) atoms. The van der Waals surface area contributed by atoms with Crippen LogP contribution in [0, 0.1) is 12.3 Å². The maximum Gasteiger partial charge on any atom is 0.407 e. The Morgan fingerprint density at radius 2 is 1.83 bits per heavy atom. The fraction of sp³-hybridized carbons (Fsp3) is 0.562. The van der Waals surface area contributed by atoms with Gasteiger partial charge in [-0.1, -0.05) is 38.5 Å². The number of hydrogen-bond donors (Lipinski definition) is 1. The Bertz CT molecular complexity index is 675. The molecule has 1 aromatic carbocycles. The number of aryl methyl sites for hydroxylation is 1. The number of rotatable bonds is 3. The first-order valence-corrected chi connectivity index (χ1v) is 8.93. The summed E-state index contributed by atoms with van der Waals surface area (Å²) < 4.78 is 30.3. The smallest absolute Gasteiger partial charge is 0.407 e. The van der Waals surface area contributed by atoms with E-state index in [2.05, 4.69) is 0 Å². The van der Waals surface area contributed by atoms with Gasteiger partial charge in [0.1, 0.15) is 6.10 Å². The van der Waals surface area contributed by atoms with Crippen molar-refractivity contribution < 1.29 is 22.5 Å². The van der Waals surface area contributed by atoms with Gasteiger partial charge < -0.3 is 10.0 Å². The average Bonchev–Trinajstić information content (AvgIpc) is 2.82. The standard InChI is InChI=1S/C16H23NO5S/c1-11-5-7-12(8-6-11)23(20,21)22-13-9-10-17(15(18)19)14(13)16(2,3)4/h5-8,13-14H,9-10H2,1-4H3,(H,18,19)/t13-,14?/m1/s1. The summed E-state index contributed by atoms with van der Waals surface area (Å²) in [6, 6.07) is 5.90. The first-order valence-electron chi connectivity index (χ1n) is 7.52. The minimum Gasteiger partial charge on any atom is -0.465 e. The van der Waals surface area contributed by atoms with E-state index in [9.17, 15) is 18.3 Å². The molecule has 1 saturated heterocycles. The van der Waals surface area contributed by atoms with Crippen LogP contribution in [0.3, 0.4) is 0 Å². The molecule has 6 nitrogen and oxygen atoms in total. The van der Waals surface area contributed by atoms with Crippen molar-refractivity contribution in [3.8, 4) is 0 Å². The summed E-state index contributed by atoms with van der Waals surface area (Å²) in [4.78, 5) is 12.8. The van der Waals surface area contributed by atoms with E-state index >= 15 is 0 Å². The average molecular weight is 341 g/mol. The van der Waals surface area contributed by atoms with Crippen molar-refractivity contribution in [3.05, 3.63) is 29.8 Å². The van der Waals surface area contributed by atoms with Gasteiger partial charge in [0.2, 0.25) is 0 Å². The number of likely N-dealkylation sites (tertiary alicyclic amines) is 1. The van der Waals surface area contributed by atoms with Crippen molar-refractivity contribution in [2.24, 2.45) is 5.41 Å². The Morgan fingerprint density at radius 3 is 2.30 bits per heavy atom. The quantitative estimate of drug-likeness (QED) is 0.855. The second-order valence-electron chi connectivity index (χ2n) is 6.98. The topological polar surface area (TPSA) is 83.9 Å². The van der Waals surface area contributed by atoms with Crippen molar-refractivity contribution in [3.63, 3.8) is 0 Å². The highest BCUT2D eigenvalue weighted by atomic mass is 32.2. The molecule has 0 spiro atoms. The van der Waals surface area contributed by atoms with E-state index in [1.807, 2.05) is 27.7 Å². The molecule has 1 amide bonds. The predicted octanol–water partition coefficient (Wildman–Crippen LogP) is 2.87. The third kappa shape index (κ3) is 3.84. The first kappa shape index (κ1) is 17.7. The number of benzene rings is 1. The van der Waals surface area contributed by atoms with Crippen molar-refractivity contribution in [1.82, 2.24) is 4.90 Å². The van der Waals surface area contributed by atoms with Gasteiger partial charge in [0, 0.05) is 6.54 Å². The van der Waals surface area contributed by atoms with E-state index in [1.54, 1.807) is 12.1 Å². The predicted molar refractivity (Wildman–Crippen MR) is 85.8 cm³/mol. The van der Waals surface area contributed by atoms with Gasteiger partial charge >= 0.3 is 6.09 Å². The first-order chi connectivity index (χ1) is 10.5. The Labute approximate surface area is 137 Å². The van der Waals surface area contributed by atoms with Crippen LogP contribution in [0.1, 0.15) is 32.8 Å². The van der Waals surface area contributed by atoms with Crippen molar-refractivity contribution in [2.45, 2.75) is 51.2 Å². The molecule has 0 aromatic heterocycles. The Morgan fingerprint density at radius 1 is 1.26 bits per heavy atom. The van der Waals surface area contributed by atoms with Gasteiger partial charge in [-0.15, -0.1) is 0 Å². The summed E-state index contributed by atoms with van der Waals surface area (Å²) >= 11 is 0. The largest absolute Gasteiger partial charge is 0.465 e. The molecule has 0 bridgehead atoms. The lowest BCUT2D eigenvalue weighted by atomic mass is 9.84. The molecule has 0 saturated carbocycles. The van der Waals surface area contributed by atoms with Crippen LogP contribution in [-0.4, -0.2) is 43.2 Å². The monoisotopic (exact) mass is 341 g/mol. The van der Waals surface area contributed by atoms with Crippen LogP contribution >= 0.6 is 0 Å². The molecular formula is C16H23NO5S. The third-order valence-electron chi connectivity index (χ3n) is 4.04. The van der Waals surface area contributed by atoms with Crippen molar-refractivity contribution in [1.29, 1.82) is 0 Å². The summed E-state index contributed by atoms with van der Waals surface area (Å²) in [6.07, 6.45) is -1.37. The normalized spacial score (nSPS) is 22.3. The molecule has 1 heterocycles. The molecular weight excluding hydrogens is 318 g/mol. The lowest BCUT2D eigenvalue weighted by Crippen LogP contribution is -2.48. The van der Waals surface area contributed by atoms with Crippen LogP contribution in [-0.2, 0) is 14.3 Å². The van der Waals surface area contributed by atoms with E-state index < -0.39 is 33.8 Å². The van der Waals surface area contributed by atoms with Crippen LogP contribution in [0.2, 0.25) is 0 Å². The van der Waals surface area contributed by atoms with Gasteiger partial charge in [0.05, 0.1) is 10.9 Å². The highest BCUT2D eigenvalue weighted by Crippen LogP contribution is 2.36. The molecule has 1 N–H and O–H groups in total. The lowest BCUT2D eigenvalue weighted by molar-refractivity contribution is 0.0598. The molecule has 1 aliphatic heterocycles. The van der Waals surface area contributed by atoms with Gasteiger partial charge in [-0.2, -0.15) is 8.42 Å². The lowest BCUT2D eigenvalue weighted by Gasteiger charge is -2.36. The maximum atomic E-state index is 12.5. The molecule has 1 aliphatic rings. The fourth-order valence-electron chi connectivity index (χ4n) is 3.03. The molecule has 0 radical (unpaired) electrons. The Kier molecular flexibility index (Phi) is 4.73. The molecule has 2 atom stereocenters. The fourth-order valence-corrected chi connectivity index (χ4v) is 4.14. The van der Waals surface area contributed by atoms with Crippen molar-refractivity contribution in [2.75, 3.05) is 6.54 Å². The third-order valence-corrected chi connectivity index (χ3v) is 5.39. The summed E-state index contributed by atoms with van der Waals surface area (Å²) in [7, 11) is -3.92. The van der Waals surface area contributed by atoms with E-state index in [4.69, 9.17) is 4.18 Å². The minimum atomic E-state index is -3.92. The van der Waals surface area contributed by atoms with Crippen LogP contribution in [0.5, 0.6) is 0 Å². The Balaban J connectivity index is 2.27. The zero-order valence-electron chi connectivity index (χ0n) is 13.8. The van der Waals surface area contributed by atoms with E-state index in [1.165, 1.54) is 17.0 Å². The number of carboxylic acid groups (broad SMARTS) is 1. The summed E-state index contributed by atoms with van der Waals surface area (Å²) in [5, 5.41) is 9.33. The number of hydrogen-bond acceptors (Lipinski definition) is 4. The van der Waals surface area contributed by atoms with Crippen LogP contribution in [0.15, 0.2) is 29.2 Å². The highest BCUT2D eigenvalue weighted by Gasteiger charge is 2.46. The van der Waals surface area contributed by atoms with Gasteiger partial charge in [-0.3, -0.25) is 4.18 Å². The molecule has 1 aromatic rings. The second-order valence-corrected chi connectivity index (χ2v) is 8.55. The molecule has 2 rings (SSSR count). The zero-order chi connectivity index (χ0) is 17.4. The van der Waals surface area contributed by atoms with E-state index in [-0.39, 0.29) is 11.4 Å². The van der Waals surface area contributed by atoms with Gasteiger partial charge in [-0.05, 0) is 30.9 Å². The molecule has 7 heteroatoms. The second kappa shape index (κ2) is 6.13.